The lowest BCUT2D eigenvalue weighted by atomic mass is 10.0. The average Bonchev–Trinajstić information content (AvgIpc) is 2.94. The third-order valence-electron chi connectivity index (χ3n) is 3.09. The summed E-state index contributed by atoms with van der Waals surface area (Å²) >= 11 is 8.08. The van der Waals surface area contributed by atoms with Crippen LogP contribution in [-0.4, -0.2) is 20.3 Å². The van der Waals surface area contributed by atoms with Crippen LogP contribution in [0.25, 0.3) is 0 Å². The molecule has 1 aliphatic heterocycles. The van der Waals surface area contributed by atoms with Gasteiger partial charge in [-0.05, 0) is 30.1 Å². The highest BCUT2D eigenvalue weighted by atomic mass is 35.5. The minimum Gasteiger partial charge on any atom is -0.486 e. The summed E-state index contributed by atoms with van der Waals surface area (Å²) in [5, 5.41) is 6.05. The maximum atomic E-state index is 6.38. The number of halogens is 1. The van der Waals surface area contributed by atoms with Gasteiger partial charge in [-0.2, -0.15) is 0 Å². The standard InChI is InChI=1S/C14H14ClNO2S/c1-16-14(13-3-2-6-19-13)9-7-11-12(8-10(9)15)18-5-4-17-11/h2-3,6-8,14,16H,4-5H2,1H3. The van der Waals surface area contributed by atoms with Gasteiger partial charge >= 0.3 is 0 Å². The van der Waals surface area contributed by atoms with E-state index in [2.05, 4.69) is 16.8 Å². The molecule has 0 aliphatic carbocycles. The Hall–Kier alpha value is -1.23. The zero-order valence-corrected chi connectivity index (χ0v) is 12.1. The molecule has 1 aromatic heterocycles. The van der Waals surface area contributed by atoms with E-state index in [1.165, 1.54) is 4.88 Å². The molecule has 3 nitrogen and oxygen atoms in total. The number of hydrogen-bond donors (Lipinski definition) is 1. The van der Waals surface area contributed by atoms with Crippen LogP contribution in [0.4, 0.5) is 0 Å². The van der Waals surface area contributed by atoms with Crippen LogP contribution in [0.1, 0.15) is 16.5 Å². The van der Waals surface area contributed by atoms with Crippen molar-refractivity contribution in [1.82, 2.24) is 5.32 Å². The van der Waals surface area contributed by atoms with Crippen LogP contribution in [0.5, 0.6) is 11.5 Å². The fourth-order valence-electron chi connectivity index (χ4n) is 2.21. The molecule has 0 spiro atoms. The van der Waals surface area contributed by atoms with Crippen molar-refractivity contribution < 1.29 is 9.47 Å². The van der Waals surface area contributed by atoms with Gasteiger partial charge in [0, 0.05) is 16.0 Å². The van der Waals surface area contributed by atoms with Crippen molar-refractivity contribution in [2.24, 2.45) is 0 Å². The van der Waals surface area contributed by atoms with Gasteiger partial charge in [0.1, 0.15) is 13.2 Å². The van der Waals surface area contributed by atoms with Crippen LogP contribution in [0.15, 0.2) is 29.6 Å². The lowest BCUT2D eigenvalue weighted by Gasteiger charge is -2.22. The lowest BCUT2D eigenvalue weighted by molar-refractivity contribution is 0.171. The van der Waals surface area contributed by atoms with Crippen molar-refractivity contribution in [3.63, 3.8) is 0 Å². The zero-order valence-electron chi connectivity index (χ0n) is 10.5. The Balaban J connectivity index is 2.04. The second-order valence-corrected chi connectivity index (χ2v) is 5.64. The lowest BCUT2D eigenvalue weighted by Crippen LogP contribution is -2.19. The summed E-state index contributed by atoms with van der Waals surface area (Å²) < 4.78 is 11.2. The molecule has 0 saturated heterocycles. The van der Waals surface area contributed by atoms with E-state index in [1.54, 1.807) is 11.3 Å². The van der Waals surface area contributed by atoms with E-state index in [4.69, 9.17) is 21.1 Å². The minimum absolute atomic E-state index is 0.0725. The molecule has 0 fully saturated rings. The summed E-state index contributed by atoms with van der Waals surface area (Å²) in [5.41, 5.74) is 1.01. The Morgan fingerprint density at radius 1 is 1.26 bits per heavy atom. The molecule has 2 heterocycles. The molecule has 2 aromatic rings. The molecular weight excluding hydrogens is 282 g/mol. The molecule has 0 saturated carbocycles. The third-order valence-corrected chi connectivity index (χ3v) is 4.35. The normalized spacial score (nSPS) is 15.3. The predicted molar refractivity (Wildman–Crippen MR) is 77.7 cm³/mol. The van der Waals surface area contributed by atoms with Gasteiger partial charge in [-0.15, -0.1) is 11.3 Å². The van der Waals surface area contributed by atoms with Crippen LogP contribution in [0.2, 0.25) is 5.02 Å². The Bertz CT molecular complexity index is 571. The molecule has 0 bridgehead atoms. The number of ether oxygens (including phenoxy) is 2. The fourth-order valence-corrected chi connectivity index (χ4v) is 3.32. The van der Waals surface area contributed by atoms with Gasteiger partial charge in [0.15, 0.2) is 11.5 Å². The number of fused-ring (bicyclic) bond motifs is 1. The Morgan fingerprint density at radius 2 is 2.00 bits per heavy atom. The number of rotatable bonds is 3. The largest absolute Gasteiger partial charge is 0.486 e. The number of nitrogens with one attached hydrogen (secondary N) is 1. The highest BCUT2D eigenvalue weighted by Gasteiger charge is 2.21. The summed E-state index contributed by atoms with van der Waals surface area (Å²) in [6.45, 7) is 1.15. The van der Waals surface area contributed by atoms with E-state index >= 15 is 0 Å². The van der Waals surface area contributed by atoms with Crippen LogP contribution in [0.3, 0.4) is 0 Å². The predicted octanol–water partition coefficient (Wildman–Crippen LogP) is 3.48. The SMILES string of the molecule is CNC(c1cccs1)c1cc2c(cc1Cl)OCCO2. The maximum absolute atomic E-state index is 6.38. The molecule has 100 valence electrons. The zero-order chi connectivity index (χ0) is 13.2. The maximum Gasteiger partial charge on any atom is 0.162 e. The van der Waals surface area contributed by atoms with Gasteiger partial charge in [0.2, 0.25) is 0 Å². The van der Waals surface area contributed by atoms with Gasteiger partial charge in [0.05, 0.1) is 6.04 Å². The first-order valence-corrected chi connectivity index (χ1v) is 7.35. The van der Waals surface area contributed by atoms with Crippen molar-refractivity contribution in [2.75, 3.05) is 20.3 Å². The summed E-state index contributed by atoms with van der Waals surface area (Å²) in [6.07, 6.45) is 0. The van der Waals surface area contributed by atoms with E-state index < -0.39 is 0 Å². The molecular formula is C14H14ClNO2S. The quantitative estimate of drug-likeness (QED) is 0.940. The highest BCUT2D eigenvalue weighted by molar-refractivity contribution is 7.10. The van der Waals surface area contributed by atoms with Gasteiger partial charge in [0.25, 0.3) is 0 Å². The Morgan fingerprint density at radius 3 is 2.63 bits per heavy atom. The molecule has 3 rings (SSSR count). The van der Waals surface area contributed by atoms with Gasteiger partial charge in [-0.3, -0.25) is 0 Å². The van der Waals surface area contributed by atoms with Gasteiger partial charge in [-0.25, -0.2) is 0 Å². The van der Waals surface area contributed by atoms with Crippen LogP contribution in [0, 0.1) is 0 Å². The van der Waals surface area contributed by atoms with Crippen LogP contribution in [-0.2, 0) is 0 Å². The summed E-state index contributed by atoms with van der Waals surface area (Å²) in [7, 11) is 1.93. The smallest absolute Gasteiger partial charge is 0.162 e. The average molecular weight is 296 g/mol. The summed E-state index contributed by atoms with van der Waals surface area (Å²) in [4.78, 5) is 1.22. The van der Waals surface area contributed by atoms with E-state index in [-0.39, 0.29) is 6.04 Å². The van der Waals surface area contributed by atoms with Gasteiger partial charge in [-0.1, -0.05) is 17.7 Å². The molecule has 0 amide bonds. The van der Waals surface area contributed by atoms with Crippen LogP contribution < -0.4 is 14.8 Å². The second-order valence-electron chi connectivity index (χ2n) is 4.25. The topological polar surface area (TPSA) is 30.5 Å². The van der Waals surface area contributed by atoms with E-state index in [0.29, 0.717) is 18.2 Å². The van der Waals surface area contributed by atoms with Crippen molar-refractivity contribution in [2.45, 2.75) is 6.04 Å². The molecule has 1 atom stereocenters. The van der Waals surface area contributed by atoms with Gasteiger partial charge < -0.3 is 14.8 Å². The molecule has 1 aromatic carbocycles. The molecule has 1 unspecified atom stereocenters. The van der Waals surface area contributed by atoms with Crippen LogP contribution >= 0.6 is 22.9 Å². The molecule has 5 heteroatoms. The van der Waals surface area contributed by atoms with E-state index in [9.17, 15) is 0 Å². The summed E-state index contributed by atoms with van der Waals surface area (Å²) in [5.74, 6) is 1.49. The number of benzene rings is 1. The van der Waals surface area contributed by atoms with Crippen molar-refractivity contribution in [3.05, 3.63) is 45.1 Å². The van der Waals surface area contributed by atoms with Crippen molar-refractivity contribution >= 4 is 22.9 Å². The third kappa shape index (κ3) is 2.43. The first-order valence-electron chi connectivity index (χ1n) is 6.09. The van der Waals surface area contributed by atoms with E-state index in [0.717, 1.165) is 17.1 Å². The summed E-state index contributed by atoms with van der Waals surface area (Å²) in [6, 6.07) is 8.01. The second kappa shape index (κ2) is 5.41. The Kier molecular flexibility index (Phi) is 3.64. The van der Waals surface area contributed by atoms with Crippen molar-refractivity contribution in [1.29, 1.82) is 0 Å². The molecule has 1 aliphatic rings. The number of hydrogen-bond acceptors (Lipinski definition) is 4. The molecule has 0 radical (unpaired) electrons. The first-order chi connectivity index (χ1) is 9.29. The van der Waals surface area contributed by atoms with Crippen molar-refractivity contribution in [3.8, 4) is 11.5 Å². The minimum atomic E-state index is 0.0725. The number of thiophene rings is 1. The Labute approximate surface area is 121 Å². The molecule has 19 heavy (non-hydrogen) atoms. The highest BCUT2D eigenvalue weighted by Crippen LogP contribution is 2.39. The fraction of sp³-hybridized carbons (Fsp3) is 0.286. The molecule has 1 N–H and O–H groups in total. The monoisotopic (exact) mass is 295 g/mol. The van der Waals surface area contributed by atoms with E-state index in [1.807, 2.05) is 25.2 Å². The first kappa shape index (κ1) is 12.8.